The summed E-state index contributed by atoms with van der Waals surface area (Å²) in [6.45, 7) is 3.70. The maximum absolute atomic E-state index is 13.4. The summed E-state index contributed by atoms with van der Waals surface area (Å²) in [5, 5.41) is 7.53. The highest BCUT2D eigenvalue weighted by atomic mass is 19.3. The van der Waals surface area contributed by atoms with E-state index in [1.54, 1.807) is 38.1 Å². The predicted octanol–water partition coefficient (Wildman–Crippen LogP) is 2.53. The van der Waals surface area contributed by atoms with E-state index in [0.717, 1.165) is 0 Å². The third kappa shape index (κ3) is 2.05. The van der Waals surface area contributed by atoms with Crippen molar-refractivity contribution in [3.63, 3.8) is 0 Å². The van der Waals surface area contributed by atoms with E-state index in [2.05, 4.69) is 10.2 Å². The van der Waals surface area contributed by atoms with Crippen LogP contribution in [0, 0.1) is 5.92 Å². The fraction of sp³-hybridized carbons (Fsp3) is 0.500. The Kier molecular flexibility index (Phi) is 4.06. The molecule has 3 unspecified atom stereocenters. The number of azo groups is 1. The molecule has 2 aliphatic heterocycles. The summed E-state index contributed by atoms with van der Waals surface area (Å²) >= 11 is 0. The lowest BCUT2D eigenvalue weighted by Crippen LogP contribution is -2.50. The Morgan fingerprint density at radius 3 is 2.71 bits per heavy atom. The molecular formula is C16H17F2N3O3. The smallest absolute Gasteiger partial charge is 0.314 e. The van der Waals surface area contributed by atoms with Gasteiger partial charge in [-0.15, -0.1) is 0 Å². The van der Waals surface area contributed by atoms with E-state index < -0.39 is 35.8 Å². The van der Waals surface area contributed by atoms with Crippen LogP contribution in [0.25, 0.3) is 0 Å². The Labute approximate surface area is 137 Å². The zero-order valence-corrected chi connectivity index (χ0v) is 13.3. The van der Waals surface area contributed by atoms with Gasteiger partial charge in [-0.2, -0.15) is 10.2 Å². The SMILES string of the molecule is CCOC(=O)C1C(C(F)F)N=NC12C(=O)N(CC)c1ccccc12. The average molecular weight is 337 g/mol. The van der Waals surface area contributed by atoms with Gasteiger partial charge < -0.3 is 9.64 Å². The Morgan fingerprint density at radius 1 is 1.38 bits per heavy atom. The van der Waals surface area contributed by atoms with Gasteiger partial charge in [0.2, 0.25) is 5.54 Å². The molecule has 3 rings (SSSR count). The summed E-state index contributed by atoms with van der Waals surface area (Å²) in [5.74, 6) is -2.87. The van der Waals surface area contributed by atoms with Gasteiger partial charge >= 0.3 is 5.97 Å². The molecule has 0 radical (unpaired) electrons. The molecule has 2 heterocycles. The molecule has 6 nitrogen and oxygen atoms in total. The maximum atomic E-state index is 13.4. The first-order valence-corrected chi connectivity index (χ1v) is 7.77. The van der Waals surface area contributed by atoms with Gasteiger partial charge in [-0.05, 0) is 19.9 Å². The number of likely N-dealkylation sites (N-methyl/N-ethyl adjacent to an activating group) is 1. The lowest BCUT2D eigenvalue weighted by atomic mass is 9.77. The van der Waals surface area contributed by atoms with Crippen molar-refractivity contribution in [1.29, 1.82) is 0 Å². The first kappa shape index (κ1) is 16.5. The normalized spacial score (nSPS) is 28.0. The second-order valence-electron chi connectivity index (χ2n) is 5.60. The number of carbonyl (C=O) groups is 2. The molecule has 0 aliphatic carbocycles. The number of benzene rings is 1. The Morgan fingerprint density at radius 2 is 2.08 bits per heavy atom. The maximum Gasteiger partial charge on any atom is 0.314 e. The van der Waals surface area contributed by atoms with Crippen LogP contribution in [-0.4, -0.2) is 37.5 Å². The van der Waals surface area contributed by atoms with E-state index in [-0.39, 0.29) is 6.61 Å². The van der Waals surface area contributed by atoms with Crippen molar-refractivity contribution >= 4 is 17.6 Å². The number of halogens is 2. The standard InChI is InChI=1S/C16H17F2N3O3/c1-3-21-10-8-6-5-7-9(10)16(15(21)23)11(14(22)24-4-2)12(13(17)18)19-20-16/h5-8,11-13H,3-4H2,1-2H3. The van der Waals surface area contributed by atoms with Gasteiger partial charge in [0.05, 0.1) is 6.61 Å². The van der Waals surface area contributed by atoms with E-state index in [9.17, 15) is 18.4 Å². The predicted molar refractivity (Wildman–Crippen MR) is 80.9 cm³/mol. The van der Waals surface area contributed by atoms with Crippen LogP contribution in [0.15, 0.2) is 34.5 Å². The molecule has 1 aromatic rings. The first-order valence-electron chi connectivity index (χ1n) is 7.77. The van der Waals surface area contributed by atoms with Gasteiger partial charge in [0, 0.05) is 17.8 Å². The van der Waals surface area contributed by atoms with Gasteiger partial charge in [-0.1, -0.05) is 18.2 Å². The van der Waals surface area contributed by atoms with Gasteiger partial charge in [-0.25, -0.2) is 8.78 Å². The van der Waals surface area contributed by atoms with Crippen molar-refractivity contribution < 1.29 is 23.1 Å². The molecule has 0 N–H and O–H groups in total. The average Bonchev–Trinajstić information content (AvgIpc) is 3.07. The van der Waals surface area contributed by atoms with Crippen LogP contribution in [0.5, 0.6) is 0 Å². The van der Waals surface area contributed by atoms with Crippen LogP contribution in [0.1, 0.15) is 19.4 Å². The summed E-state index contributed by atoms with van der Waals surface area (Å²) in [7, 11) is 0. The minimum absolute atomic E-state index is 0.0225. The second kappa shape index (κ2) is 5.92. The number of esters is 1. The van der Waals surface area contributed by atoms with E-state index in [1.165, 1.54) is 4.90 Å². The molecule has 0 saturated heterocycles. The number of nitrogens with zero attached hydrogens (tertiary/aromatic N) is 3. The number of fused-ring (bicyclic) bond motifs is 2. The Bertz CT molecular complexity index is 710. The molecular weight excluding hydrogens is 320 g/mol. The fourth-order valence-electron chi connectivity index (χ4n) is 3.44. The fourth-order valence-corrected chi connectivity index (χ4v) is 3.44. The molecule has 128 valence electrons. The summed E-state index contributed by atoms with van der Waals surface area (Å²) in [4.78, 5) is 26.9. The first-order chi connectivity index (χ1) is 11.5. The molecule has 2 aliphatic rings. The van der Waals surface area contributed by atoms with Crippen molar-refractivity contribution in [2.24, 2.45) is 16.1 Å². The zero-order valence-electron chi connectivity index (χ0n) is 13.3. The number of hydrogen-bond donors (Lipinski definition) is 0. The highest BCUT2D eigenvalue weighted by Crippen LogP contribution is 2.53. The number of rotatable bonds is 4. The van der Waals surface area contributed by atoms with E-state index in [4.69, 9.17) is 4.74 Å². The Balaban J connectivity index is 2.19. The molecule has 0 saturated carbocycles. The molecule has 0 aromatic heterocycles. The van der Waals surface area contributed by atoms with E-state index in [0.29, 0.717) is 17.8 Å². The number of para-hydroxylation sites is 1. The molecule has 0 fully saturated rings. The van der Waals surface area contributed by atoms with Crippen LogP contribution < -0.4 is 4.90 Å². The Hall–Kier alpha value is -2.38. The van der Waals surface area contributed by atoms with Crippen molar-refractivity contribution in [1.82, 2.24) is 0 Å². The number of ether oxygens (including phenoxy) is 1. The largest absolute Gasteiger partial charge is 0.466 e. The topological polar surface area (TPSA) is 71.3 Å². The summed E-state index contributed by atoms with van der Waals surface area (Å²) < 4.78 is 31.8. The zero-order chi connectivity index (χ0) is 17.5. The van der Waals surface area contributed by atoms with Gasteiger partial charge in [0.1, 0.15) is 12.0 Å². The highest BCUT2D eigenvalue weighted by molar-refractivity contribution is 6.10. The third-order valence-corrected chi connectivity index (χ3v) is 4.43. The van der Waals surface area contributed by atoms with E-state index in [1.807, 2.05) is 0 Å². The van der Waals surface area contributed by atoms with Gasteiger partial charge in [-0.3, -0.25) is 9.59 Å². The minimum Gasteiger partial charge on any atom is -0.466 e. The van der Waals surface area contributed by atoms with Gasteiger partial charge in [0.25, 0.3) is 12.3 Å². The summed E-state index contributed by atoms with van der Waals surface area (Å²) in [6, 6.07) is 5.06. The minimum atomic E-state index is -2.92. The van der Waals surface area contributed by atoms with Crippen LogP contribution in [-0.2, 0) is 19.9 Å². The lowest BCUT2D eigenvalue weighted by molar-refractivity contribution is -0.154. The summed E-state index contributed by atoms with van der Waals surface area (Å²) in [6.07, 6.45) is -2.92. The summed E-state index contributed by atoms with van der Waals surface area (Å²) in [5.41, 5.74) is -0.782. The van der Waals surface area contributed by atoms with Crippen molar-refractivity contribution in [3.8, 4) is 0 Å². The van der Waals surface area contributed by atoms with Crippen molar-refractivity contribution in [2.75, 3.05) is 18.1 Å². The molecule has 24 heavy (non-hydrogen) atoms. The number of hydrogen-bond acceptors (Lipinski definition) is 5. The molecule has 0 bridgehead atoms. The molecule has 1 spiro atoms. The number of alkyl halides is 2. The highest BCUT2D eigenvalue weighted by Gasteiger charge is 2.65. The molecule has 1 aromatic carbocycles. The number of anilines is 1. The number of amides is 1. The number of carbonyl (C=O) groups excluding carboxylic acids is 2. The van der Waals surface area contributed by atoms with Crippen molar-refractivity contribution in [2.45, 2.75) is 31.9 Å². The monoisotopic (exact) mass is 337 g/mol. The second-order valence-corrected chi connectivity index (χ2v) is 5.60. The third-order valence-electron chi connectivity index (χ3n) is 4.43. The van der Waals surface area contributed by atoms with Crippen molar-refractivity contribution in [3.05, 3.63) is 29.8 Å². The van der Waals surface area contributed by atoms with Gasteiger partial charge in [0.15, 0.2) is 0 Å². The van der Waals surface area contributed by atoms with Crippen LogP contribution >= 0.6 is 0 Å². The quantitative estimate of drug-likeness (QED) is 0.793. The lowest BCUT2D eigenvalue weighted by Gasteiger charge is -2.27. The van der Waals surface area contributed by atoms with Crippen LogP contribution in [0.3, 0.4) is 0 Å². The molecule has 8 heteroatoms. The van der Waals surface area contributed by atoms with Crippen LogP contribution in [0.2, 0.25) is 0 Å². The van der Waals surface area contributed by atoms with Crippen LogP contribution in [0.4, 0.5) is 14.5 Å². The molecule has 1 amide bonds. The van der Waals surface area contributed by atoms with E-state index >= 15 is 0 Å². The molecule has 3 atom stereocenters.